The second kappa shape index (κ2) is 4.04. The number of aliphatic hydroxyl groups is 1. The lowest BCUT2D eigenvalue weighted by Gasteiger charge is -2.35. The molecule has 0 amide bonds. The van der Waals surface area contributed by atoms with Gasteiger partial charge in [0.2, 0.25) is 0 Å². The Morgan fingerprint density at radius 1 is 1.27 bits per heavy atom. The molecule has 15 heavy (non-hydrogen) atoms. The van der Waals surface area contributed by atoms with E-state index in [9.17, 15) is 5.11 Å². The molecule has 1 unspecified atom stereocenters. The average Bonchev–Trinajstić information content (AvgIpc) is 2.16. The first-order valence-electron chi connectivity index (χ1n) is 5.64. The van der Waals surface area contributed by atoms with E-state index >= 15 is 0 Å². The smallest absolute Gasteiger partial charge is 0.0959 e. The Morgan fingerprint density at radius 2 is 1.87 bits per heavy atom. The molecule has 0 saturated carbocycles. The fourth-order valence-corrected chi connectivity index (χ4v) is 2.64. The minimum atomic E-state index is -0.727. The van der Waals surface area contributed by atoms with Crippen LogP contribution in [0.3, 0.4) is 0 Å². The van der Waals surface area contributed by atoms with Gasteiger partial charge in [-0.15, -0.1) is 0 Å². The van der Waals surface area contributed by atoms with Crippen LogP contribution >= 0.6 is 0 Å². The summed E-state index contributed by atoms with van der Waals surface area (Å²) < 4.78 is 10.9. The van der Waals surface area contributed by atoms with Gasteiger partial charge in [-0.05, 0) is 40.5 Å². The lowest BCUT2D eigenvalue weighted by Crippen LogP contribution is -2.46. The van der Waals surface area contributed by atoms with Crippen LogP contribution in [0.5, 0.6) is 0 Å². The van der Waals surface area contributed by atoms with E-state index in [-0.39, 0.29) is 5.60 Å². The molecule has 1 N–H and O–H groups in total. The van der Waals surface area contributed by atoms with Crippen LogP contribution in [0.15, 0.2) is 0 Å². The number of ether oxygens (including phenoxy) is 2. The van der Waals surface area contributed by atoms with Crippen molar-refractivity contribution in [3.8, 4) is 0 Å². The first kappa shape index (κ1) is 12.9. The molecular formula is C12H24O3. The summed E-state index contributed by atoms with van der Waals surface area (Å²) in [7, 11) is 1.68. The van der Waals surface area contributed by atoms with Gasteiger partial charge in [0.1, 0.15) is 0 Å². The van der Waals surface area contributed by atoms with Gasteiger partial charge in [0.25, 0.3) is 0 Å². The summed E-state index contributed by atoms with van der Waals surface area (Å²) in [5.41, 5.74) is -1.43. The van der Waals surface area contributed by atoms with Gasteiger partial charge in [0.15, 0.2) is 0 Å². The second-order valence-corrected chi connectivity index (χ2v) is 5.68. The Bertz CT molecular complexity index is 223. The quantitative estimate of drug-likeness (QED) is 0.732. The van der Waals surface area contributed by atoms with E-state index in [1.807, 2.05) is 27.7 Å². The Kier molecular flexibility index (Phi) is 3.49. The highest BCUT2D eigenvalue weighted by molar-refractivity contribution is 5.05. The first-order valence-corrected chi connectivity index (χ1v) is 5.64. The fraction of sp³-hybridized carbons (Fsp3) is 1.00. The number of hydrogen-bond acceptors (Lipinski definition) is 3. The van der Waals surface area contributed by atoms with Crippen molar-refractivity contribution in [1.29, 1.82) is 0 Å². The minimum Gasteiger partial charge on any atom is -0.387 e. The summed E-state index contributed by atoms with van der Waals surface area (Å²) in [6, 6.07) is 0. The van der Waals surface area contributed by atoms with Crippen LogP contribution in [0.1, 0.15) is 47.0 Å². The minimum absolute atomic E-state index is 0.231. The lowest BCUT2D eigenvalue weighted by atomic mass is 9.79. The topological polar surface area (TPSA) is 38.7 Å². The fourth-order valence-electron chi connectivity index (χ4n) is 2.64. The van der Waals surface area contributed by atoms with Crippen LogP contribution in [0, 0.1) is 0 Å². The van der Waals surface area contributed by atoms with Crippen LogP contribution < -0.4 is 0 Å². The molecule has 1 fully saturated rings. The summed E-state index contributed by atoms with van der Waals surface area (Å²) in [4.78, 5) is 0. The molecule has 0 aliphatic carbocycles. The number of rotatable bonds is 4. The van der Waals surface area contributed by atoms with Crippen molar-refractivity contribution in [1.82, 2.24) is 0 Å². The van der Waals surface area contributed by atoms with Crippen molar-refractivity contribution in [3.63, 3.8) is 0 Å². The predicted octanol–water partition coefficient (Wildman–Crippen LogP) is 2.12. The molecule has 1 saturated heterocycles. The molecule has 0 aromatic carbocycles. The third-order valence-electron chi connectivity index (χ3n) is 3.31. The van der Waals surface area contributed by atoms with Gasteiger partial charge in [-0.2, -0.15) is 0 Å². The van der Waals surface area contributed by atoms with Gasteiger partial charge >= 0.3 is 0 Å². The van der Waals surface area contributed by atoms with Gasteiger partial charge in [-0.25, -0.2) is 0 Å². The Hall–Kier alpha value is -0.120. The molecule has 1 rings (SSSR count). The van der Waals surface area contributed by atoms with Crippen LogP contribution in [-0.4, -0.2) is 35.6 Å². The van der Waals surface area contributed by atoms with Crippen molar-refractivity contribution < 1.29 is 14.6 Å². The largest absolute Gasteiger partial charge is 0.387 e. The Morgan fingerprint density at radius 3 is 2.27 bits per heavy atom. The molecule has 90 valence electrons. The standard InChI is InChI=1S/C12H24O3/c1-10(2)9-12(13,7-6-8-14-5)11(3,4)15-10/h13H,6-9H2,1-5H3. The molecule has 0 aromatic heterocycles. The molecule has 0 radical (unpaired) electrons. The molecule has 3 heteroatoms. The molecule has 3 nitrogen and oxygen atoms in total. The zero-order valence-electron chi connectivity index (χ0n) is 10.6. The Labute approximate surface area is 92.8 Å². The molecule has 0 aromatic rings. The molecule has 1 aliphatic rings. The van der Waals surface area contributed by atoms with Crippen LogP contribution in [0.4, 0.5) is 0 Å². The maximum absolute atomic E-state index is 10.6. The Balaban J connectivity index is 2.66. The van der Waals surface area contributed by atoms with Crippen LogP contribution in [0.2, 0.25) is 0 Å². The molecule has 0 bridgehead atoms. The summed E-state index contributed by atoms with van der Waals surface area (Å²) in [5, 5.41) is 10.6. The third kappa shape index (κ3) is 2.71. The van der Waals surface area contributed by atoms with Gasteiger partial charge in [0.05, 0.1) is 16.8 Å². The van der Waals surface area contributed by atoms with Crippen LogP contribution in [0.25, 0.3) is 0 Å². The van der Waals surface area contributed by atoms with E-state index in [4.69, 9.17) is 9.47 Å². The number of methoxy groups -OCH3 is 1. The van der Waals surface area contributed by atoms with E-state index in [0.29, 0.717) is 13.0 Å². The molecule has 1 aliphatic heterocycles. The lowest BCUT2D eigenvalue weighted by molar-refractivity contribution is -0.130. The summed E-state index contributed by atoms with van der Waals surface area (Å²) in [6.07, 6.45) is 2.30. The van der Waals surface area contributed by atoms with E-state index in [1.54, 1.807) is 7.11 Å². The highest BCUT2D eigenvalue weighted by atomic mass is 16.5. The van der Waals surface area contributed by atoms with Crippen molar-refractivity contribution in [2.75, 3.05) is 13.7 Å². The zero-order valence-corrected chi connectivity index (χ0v) is 10.6. The van der Waals surface area contributed by atoms with Crippen LogP contribution in [-0.2, 0) is 9.47 Å². The normalized spacial score (nSPS) is 33.2. The summed E-state index contributed by atoms with van der Waals surface area (Å²) in [5.74, 6) is 0. The molecule has 1 heterocycles. The first-order chi connectivity index (χ1) is 6.72. The van der Waals surface area contributed by atoms with Crippen molar-refractivity contribution in [2.24, 2.45) is 0 Å². The molecule has 0 spiro atoms. The highest BCUT2D eigenvalue weighted by Gasteiger charge is 2.55. The SMILES string of the molecule is COCCCC1(O)CC(C)(C)OC1(C)C. The molecular weight excluding hydrogens is 192 g/mol. The second-order valence-electron chi connectivity index (χ2n) is 5.68. The van der Waals surface area contributed by atoms with Gasteiger partial charge in [-0.1, -0.05) is 0 Å². The predicted molar refractivity (Wildman–Crippen MR) is 59.9 cm³/mol. The number of hydrogen-bond donors (Lipinski definition) is 1. The van der Waals surface area contributed by atoms with Gasteiger partial charge in [0, 0.05) is 20.1 Å². The maximum Gasteiger partial charge on any atom is 0.0959 e. The van der Waals surface area contributed by atoms with Gasteiger partial charge in [-0.3, -0.25) is 0 Å². The summed E-state index contributed by atoms with van der Waals surface area (Å²) >= 11 is 0. The van der Waals surface area contributed by atoms with Crippen molar-refractivity contribution >= 4 is 0 Å². The van der Waals surface area contributed by atoms with E-state index < -0.39 is 11.2 Å². The maximum atomic E-state index is 10.6. The monoisotopic (exact) mass is 216 g/mol. The van der Waals surface area contributed by atoms with E-state index in [0.717, 1.165) is 12.8 Å². The van der Waals surface area contributed by atoms with Crippen molar-refractivity contribution in [2.45, 2.75) is 63.8 Å². The van der Waals surface area contributed by atoms with E-state index in [1.165, 1.54) is 0 Å². The summed E-state index contributed by atoms with van der Waals surface area (Å²) in [6.45, 7) is 8.69. The van der Waals surface area contributed by atoms with Gasteiger partial charge < -0.3 is 14.6 Å². The molecule has 1 atom stereocenters. The zero-order chi connectivity index (χ0) is 11.7. The average molecular weight is 216 g/mol. The highest BCUT2D eigenvalue weighted by Crippen LogP contribution is 2.47. The van der Waals surface area contributed by atoms with Crippen molar-refractivity contribution in [3.05, 3.63) is 0 Å². The third-order valence-corrected chi connectivity index (χ3v) is 3.31. The van der Waals surface area contributed by atoms with E-state index in [2.05, 4.69) is 0 Å².